The molecule has 0 heterocycles. The van der Waals surface area contributed by atoms with Gasteiger partial charge in [0.15, 0.2) is 0 Å². The summed E-state index contributed by atoms with van der Waals surface area (Å²) in [4.78, 5) is 25.9. The third kappa shape index (κ3) is 5.34. The number of aryl methyl sites for hydroxylation is 2. The maximum absolute atomic E-state index is 12.2. The average Bonchev–Trinajstić information content (AvgIpc) is 2.63. The molecule has 0 radical (unpaired) electrons. The summed E-state index contributed by atoms with van der Waals surface area (Å²) in [6.07, 6.45) is 0.253. The summed E-state index contributed by atoms with van der Waals surface area (Å²) in [5, 5.41) is 2.89. The summed E-state index contributed by atoms with van der Waals surface area (Å²) < 4.78 is 5.12. The Balaban J connectivity index is 1.92. The van der Waals surface area contributed by atoms with Crippen molar-refractivity contribution in [2.75, 3.05) is 18.6 Å². The van der Waals surface area contributed by atoms with Crippen molar-refractivity contribution >= 4 is 17.5 Å². The minimum absolute atomic E-state index is 0.0679. The van der Waals surface area contributed by atoms with E-state index in [4.69, 9.17) is 4.74 Å². The minimum atomic E-state index is -0.0858. The predicted octanol–water partition coefficient (Wildman–Crippen LogP) is 3.37. The lowest BCUT2D eigenvalue weighted by Crippen LogP contribution is -2.34. The zero-order valence-corrected chi connectivity index (χ0v) is 15.8. The van der Waals surface area contributed by atoms with Gasteiger partial charge in [0, 0.05) is 32.1 Å². The zero-order chi connectivity index (χ0) is 19.1. The van der Waals surface area contributed by atoms with Gasteiger partial charge in [-0.1, -0.05) is 24.3 Å². The second kappa shape index (κ2) is 9.04. The molecule has 26 heavy (non-hydrogen) atoms. The molecule has 138 valence electrons. The number of nitrogens with one attached hydrogen (secondary N) is 1. The molecule has 0 aliphatic carbocycles. The van der Waals surface area contributed by atoms with Crippen LogP contribution in [0.2, 0.25) is 0 Å². The first-order valence-electron chi connectivity index (χ1n) is 8.65. The van der Waals surface area contributed by atoms with Gasteiger partial charge in [0.25, 0.3) is 0 Å². The fourth-order valence-electron chi connectivity index (χ4n) is 2.70. The molecule has 0 fully saturated rings. The molecule has 0 unspecified atom stereocenters. The van der Waals surface area contributed by atoms with Crippen LogP contribution in [-0.4, -0.2) is 25.5 Å². The number of nitrogens with zero attached hydrogens (tertiary/aromatic N) is 1. The summed E-state index contributed by atoms with van der Waals surface area (Å²) in [7, 11) is 1.62. The van der Waals surface area contributed by atoms with E-state index in [0.717, 1.165) is 28.1 Å². The first kappa shape index (κ1) is 19.5. The van der Waals surface area contributed by atoms with Crippen molar-refractivity contribution in [2.24, 2.45) is 0 Å². The van der Waals surface area contributed by atoms with Crippen molar-refractivity contribution in [1.29, 1.82) is 0 Å². The molecule has 5 nitrogen and oxygen atoms in total. The Morgan fingerprint density at radius 3 is 2.38 bits per heavy atom. The van der Waals surface area contributed by atoms with Crippen LogP contribution in [0.15, 0.2) is 42.5 Å². The highest BCUT2D eigenvalue weighted by Crippen LogP contribution is 2.22. The predicted molar refractivity (Wildman–Crippen MR) is 103 cm³/mol. The number of amides is 2. The van der Waals surface area contributed by atoms with E-state index in [1.54, 1.807) is 12.0 Å². The van der Waals surface area contributed by atoms with E-state index in [0.29, 0.717) is 13.1 Å². The SMILES string of the molecule is COc1ccc(CNC(=O)CCN(C(C)=O)c2cc(C)ccc2C)cc1. The minimum Gasteiger partial charge on any atom is -0.497 e. The molecule has 5 heteroatoms. The lowest BCUT2D eigenvalue weighted by Gasteiger charge is -2.23. The molecule has 2 amide bonds. The van der Waals surface area contributed by atoms with E-state index in [1.165, 1.54) is 6.92 Å². The number of carbonyl (C=O) groups is 2. The number of benzene rings is 2. The number of rotatable bonds is 7. The average molecular weight is 354 g/mol. The molecule has 0 aliphatic rings. The van der Waals surface area contributed by atoms with E-state index in [1.807, 2.05) is 56.3 Å². The van der Waals surface area contributed by atoms with Crippen LogP contribution in [0.4, 0.5) is 5.69 Å². The largest absolute Gasteiger partial charge is 0.497 e. The van der Waals surface area contributed by atoms with Gasteiger partial charge in [0.2, 0.25) is 11.8 Å². The molecule has 0 aliphatic heterocycles. The third-order valence-electron chi connectivity index (χ3n) is 4.25. The molecule has 1 N–H and O–H groups in total. The molecule has 0 saturated heterocycles. The van der Waals surface area contributed by atoms with E-state index >= 15 is 0 Å². The fraction of sp³-hybridized carbons (Fsp3) is 0.333. The second-order valence-electron chi connectivity index (χ2n) is 6.34. The quantitative estimate of drug-likeness (QED) is 0.829. The lowest BCUT2D eigenvalue weighted by atomic mass is 10.1. The first-order valence-corrected chi connectivity index (χ1v) is 8.65. The van der Waals surface area contributed by atoms with Gasteiger partial charge in [0.05, 0.1) is 7.11 Å². The number of hydrogen-bond donors (Lipinski definition) is 1. The molecule has 2 aromatic carbocycles. The fourth-order valence-corrected chi connectivity index (χ4v) is 2.70. The van der Waals surface area contributed by atoms with E-state index in [-0.39, 0.29) is 18.2 Å². The first-order chi connectivity index (χ1) is 12.4. The molecule has 2 rings (SSSR count). The normalized spacial score (nSPS) is 10.3. The van der Waals surface area contributed by atoms with Gasteiger partial charge in [-0.25, -0.2) is 0 Å². The van der Waals surface area contributed by atoms with Crippen LogP contribution >= 0.6 is 0 Å². The Bertz CT molecular complexity index is 769. The molecule has 0 spiro atoms. The van der Waals surface area contributed by atoms with Crippen molar-refractivity contribution in [3.05, 3.63) is 59.2 Å². The number of carbonyl (C=O) groups excluding carboxylic acids is 2. The smallest absolute Gasteiger partial charge is 0.223 e. The van der Waals surface area contributed by atoms with Gasteiger partial charge in [-0.05, 0) is 48.7 Å². The van der Waals surface area contributed by atoms with E-state index in [2.05, 4.69) is 5.32 Å². The maximum Gasteiger partial charge on any atom is 0.223 e. The van der Waals surface area contributed by atoms with Crippen LogP contribution < -0.4 is 15.0 Å². The summed E-state index contributed by atoms with van der Waals surface area (Å²) in [5.74, 6) is 0.629. The van der Waals surface area contributed by atoms with E-state index < -0.39 is 0 Å². The number of methoxy groups -OCH3 is 1. The molecule has 2 aromatic rings. The van der Waals surface area contributed by atoms with Crippen LogP contribution in [0, 0.1) is 13.8 Å². The van der Waals surface area contributed by atoms with Crippen molar-refractivity contribution in [3.63, 3.8) is 0 Å². The number of ether oxygens (including phenoxy) is 1. The van der Waals surface area contributed by atoms with Crippen molar-refractivity contribution in [2.45, 2.75) is 33.7 Å². The van der Waals surface area contributed by atoms with Crippen molar-refractivity contribution < 1.29 is 14.3 Å². The summed E-state index contributed by atoms with van der Waals surface area (Å²) in [6.45, 7) is 6.29. The Morgan fingerprint density at radius 2 is 1.77 bits per heavy atom. The second-order valence-corrected chi connectivity index (χ2v) is 6.34. The zero-order valence-electron chi connectivity index (χ0n) is 15.8. The van der Waals surface area contributed by atoms with Crippen LogP contribution in [0.1, 0.15) is 30.0 Å². The highest BCUT2D eigenvalue weighted by atomic mass is 16.5. The highest BCUT2D eigenvalue weighted by Gasteiger charge is 2.15. The number of anilines is 1. The molecule has 0 atom stereocenters. The van der Waals surface area contributed by atoms with Gasteiger partial charge >= 0.3 is 0 Å². The van der Waals surface area contributed by atoms with Crippen LogP contribution in [-0.2, 0) is 16.1 Å². The Hall–Kier alpha value is -2.82. The Morgan fingerprint density at radius 1 is 1.08 bits per heavy atom. The van der Waals surface area contributed by atoms with Crippen LogP contribution in [0.5, 0.6) is 5.75 Å². The Kier molecular flexibility index (Phi) is 6.78. The molecular weight excluding hydrogens is 328 g/mol. The Labute approximate surface area is 155 Å². The topological polar surface area (TPSA) is 58.6 Å². The van der Waals surface area contributed by atoms with Gasteiger partial charge < -0.3 is 15.0 Å². The van der Waals surface area contributed by atoms with Gasteiger partial charge in [-0.15, -0.1) is 0 Å². The highest BCUT2D eigenvalue weighted by molar-refractivity contribution is 5.93. The van der Waals surface area contributed by atoms with Crippen molar-refractivity contribution in [1.82, 2.24) is 5.32 Å². The van der Waals surface area contributed by atoms with Gasteiger partial charge in [0.1, 0.15) is 5.75 Å². The monoisotopic (exact) mass is 354 g/mol. The van der Waals surface area contributed by atoms with Crippen LogP contribution in [0.3, 0.4) is 0 Å². The summed E-state index contributed by atoms with van der Waals surface area (Å²) >= 11 is 0. The molecule has 0 saturated carbocycles. The van der Waals surface area contributed by atoms with Gasteiger partial charge in [-0.2, -0.15) is 0 Å². The van der Waals surface area contributed by atoms with Gasteiger partial charge in [-0.3, -0.25) is 9.59 Å². The summed E-state index contributed by atoms with van der Waals surface area (Å²) in [6, 6.07) is 13.5. The molecular formula is C21H26N2O3. The van der Waals surface area contributed by atoms with Crippen LogP contribution in [0.25, 0.3) is 0 Å². The molecule has 0 bridgehead atoms. The number of hydrogen-bond acceptors (Lipinski definition) is 3. The summed E-state index contributed by atoms with van der Waals surface area (Å²) in [5.41, 5.74) is 3.96. The molecule has 0 aromatic heterocycles. The van der Waals surface area contributed by atoms with E-state index in [9.17, 15) is 9.59 Å². The maximum atomic E-state index is 12.2. The van der Waals surface area contributed by atoms with Crippen molar-refractivity contribution in [3.8, 4) is 5.75 Å². The third-order valence-corrected chi connectivity index (χ3v) is 4.25. The lowest BCUT2D eigenvalue weighted by molar-refractivity contribution is -0.121. The standard InChI is InChI=1S/C21H26N2O3/c1-15-5-6-16(2)20(13-15)23(17(3)24)12-11-21(25)22-14-18-7-9-19(26-4)10-8-18/h5-10,13H,11-12,14H2,1-4H3,(H,22,25).